The molecule has 5 heteroatoms. The molecule has 1 heterocycles. The summed E-state index contributed by atoms with van der Waals surface area (Å²) >= 11 is 1.02. The molecule has 0 aliphatic carbocycles. The molecule has 2 aromatic rings. The van der Waals surface area contributed by atoms with Crippen LogP contribution in [0.5, 0.6) is 0 Å². The highest BCUT2D eigenvalue weighted by Crippen LogP contribution is 2.10. The molecule has 0 saturated heterocycles. The monoisotopic (exact) mass is 237 g/mol. The van der Waals surface area contributed by atoms with Crippen LogP contribution in [0.15, 0.2) is 33.9 Å². The minimum absolute atomic E-state index is 0.0407. The van der Waals surface area contributed by atoms with Gasteiger partial charge in [-0.2, -0.15) is 0 Å². The first kappa shape index (κ1) is 11.0. The van der Waals surface area contributed by atoms with Crippen molar-refractivity contribution in [2.24, 2.45) is 0 Å². The zero-order valence-corrected chi connectivity index (χ0v) is 9.53. The molecule has 0 radical (unpaired) electrons. The van der Waals surface area contributed by atoms with E-state index in [2.05, 4.69) is 0 Å². The Balaban J connectivity index is 2.76. The number of benzene rings is 1. The molecule has 1 N–H and O–H groups in total. The molecule has 2 rings (SSSR count). The lowest BCUT2D eigenvalue weighted by atomic mass is 10.3. The molecule has 84 valence electrons. The van der Waals surface area contributed by atoms with Crippen LogP contribution in [0.25, 0.3) is 10.1 Å². The summed E-state index contributed by atoms with van der Waals surface area (Å²) in [5.74, 6) is 0. The Morgan fingerprint density at radius 3 is 2.75 bits per heavy atom. The van der Waals surface area contributed by atoms with Crippen LogP contribution >= 0.6 is 11.3 Å². The third-order valence-corrected chi connectivity index (χ3v) is 3.20. The molecule has 1 unspecified atom stereocenters. The molecular weight excluding hydrogens is 226 g/mol. The maximum atomic E-state index is 11.9. The van der Waals surface area contributed by atoms with Crippen LogP contribution in [0.2, 0.25) is 0 Å². The first-order valence-corrected chi connectivity index (χ1v) is 5.72. The Kier molecular flexibility index (Phi) is 2.89. The van der Waals surface area contributed by atoms with Gasteiger partial charge in [0.1, 0.15) is 0 Å². The first-order chi connectivity index (χ1) is 7.59. The van der Waals surface area contributed by atoms with E-state index in [4.69, 9.17) is 0 Å². The molecule has 0 fully saturated rings. The number of aliphatic hydroxyl groups excluding tert-OH is 1. The van der Waals surface area contributed by atoms with Crippen molar-refractivity contribution in [1.29, 1.82) is 0 Å². The number of hydrogen-bond donors (Lipinski definition) is 1. The van der Waals surface area contributed by atoms with Gasteiger partial charge in [-0.3, -0.25) is 14.2 Å². The zero-order chi connectivity index (χ0) is 11.7. The highest BCUT2D eigenvalue weighted by Gasteiger charge is 2.09. The van der Waals surface area contributed by atoms with E-state index in [1.807, 2.05) is 0 Å². The van der Waals surface area contributed by atoms with Gasteiger partial charge in [-0.1, -0.05) is 23.5 Å². The number of fused-ring (bicyclic) bond motifs is 1. The van der Waals surface area contributed by atoms with Crippen LogP contribution in [0, 0.1) is 0 Å². The molecule has 0 aliphatic heterocycles. The SMILES string of the molecule is CC(O)Cn1c(=O)sc2ccccc2c1=O. The van der Waals surface area contributed by atoms with Crippen LogP contribution in [-0.2, 0) is 6.54 Å². The van der Waals surface area contributed by atoms with Crippen molar-refractivity contribution in [3.63, 3.8) is 0 Å². The van der Waals surface area contributed by atoms with Gasteiger partial charge in [0.2, 0.25) is 0 Å². The van der Waals surface area contributed by atoms with Crippen molar-refractivity contribution in [3.05, 3.63) is 44.3 Å². The van der Waals surface area contributed by atoms with Gasteiger partial charge >= 0.3 is 4.87 Å². The van der Waals surface area contributed by atoms with Crippen LogP contribution in [0.4, 0.5) is 0 Å². The van der Waals surface area contributed by atoms with Crippen LogP contribution < -0.4 is 10.4 Å². The molecule has 1 atom stereocenters. The van der Waals surface area contributed by atoms with Gasteiger partial charge in [-0.05, 0) is 19.1 Å². The van der Waals surface area contributed by atoms with Crippen molar-refractivity contribution in [2.45, 2.75) is 19.6 Å². The van der Waals surface area contributed by atoms with Crippen molar-refractivity contribution < 1.29 is 5.11 Å². The summed E-state index contributed by atoms with van der Waals surface area (Å²) in [6.07, 6.45) is -0.709. The van der Waals surface area contributed by atoms with Gasteiger partial charge in [0, 0.05) is 4.70 Å². The molecule has 1 aromatic carbocycles. The Bertz CT molecular complexity index is 627. The summed E-state index contributed by atoms with van der Waals surface area (Å²) < 4.78 is 1.76. The Labute approximate surface area is 95.4 Å². The van der Waals surface area contributed by atoms with E-state index in [9.17, 15) is 14.7 Å². The molecule has 0 saturated carbocycles. The summed E-state index contributed by atoms with van der Waals surface area (Å²) in [4.78, 5) is 23.3. The quantitative estimate of drug-likeness (QED) is 0.840. The molecule has 0 spiro atoms. The first-order valence-electron chi connectivity index (χ1n) is 4.90. The van der Waals surface area contributed by atoms with E-state index in [0.29, 0.717) is 10.1 Å². The van der Waals surface area contributed by atoms with Gasteiger partial charge < -0.3 is 5.11 Å². The van der Waals surface area contributed by atoms with Crippen molar-refractivity contribution >= 4 is 21.4 Å². The predicted molar refractivity (Wildman–Crippen MR) is 64.0 cm³/mol. The minimum atomic E-state index is -0.709. The number of rotatable bonds is 2. The minimum Gasteiger partial charge on any atom is -0.392 e. The lowest BCUT2D eigenvalue weighted by Crippen LogP contribution is -2.34. The van der Waals surface area contributed by atoms with E-state index in [1.54, 1.807) is 31.2 Å². The topological polar surface area (TPSA) is 59.3 Å². The molecule has 16 heavy (non-hydrogen) atoms. The second-order valence-electron chi connectivity index (χ2n) is 3.63. The summed E-state index contributed by atoms with van der Waals surface area (Å²) in [6, 6.07) is 6.98. The molecule has 0 bridgehead atoms. The number of nitrogens with zero attached hydrogens (tertiary/aromatic N) is 1. The smallest absolute Gasteiger partial charge is 0.310 e. The molecule has 4 nitrogen and oxygen atoms in total. The second kappa shape index (κ2) is 4.19. The maximum Gasteiger partial charge on any atom is 0.310 e. The second-order valence-corrected chi connectivity index (χ2v) is 4.62. The lowest BCUT2D eigenvalue weighted by Gasteiger charge is -2.07. The summed E-state index contributed by atoms with van der Waals surface area (Å²) in [7, 11) is 0. The van der Waals surface area contributed by atoms with Gasteiger partial charge in [0.25, 0.3) is 5.56 Å². The standard InChI is InChI=1S/C11H11NO3S/c1-7(13)6-12-10(14)8-4-2-3-5-9(8)16-11(12)15/h2-5,7,13H,6H2,1H3. The Morgan fingerprint density at radius 1 is 1.38 bits per heavy atom. The van der Waals surface area contributed by atoms with Gasteiger partial charge in [0.05, 0.1) is 18.0 Å². The molecular formula is C11H11NO3S. The Morgan fingerprint density at radius 2 is 2.06 bits per heavy atom. The number of aliphatic hydroxyl groups is 1. The number of aromatic nitrogens is 1. The van der Waals surface area contributed by atoms with Crippen LogP contribution in [0.3, 0.4) is 0 Å². The third kappa shape index (κ3) is 1.91. The fourth-order valence-electron chi connectivity index (χ4n) is 1.53. The summed E-state index contributed by atoms with van der Waals surface area (Å²) in [6.45, 7) is 1.59. The fraction of sp³-hybridized carbons (Fsp3) is 0.273. The predicted octanol–water partition coefficient (Wildman–Crippen LogP) is 0.804. The van der Waals surface area contributed by atoms with Gasteiger partial charge in [-0.25, -0.2) is 0 Å². The van der Waals surface area contributed by atoms with Gasteiger partial charge in [0.15, 0.2) is 0 Å². The fourth-order valence-corrected chi connectivity index (χ4v) is 2.40. The Hall–Kier alpha value is -1.46. The maximum absolute atomic E-state index is 11.9. The van der Waals surface area contributed by atoms with E-state index >= 15 is 0 Å². The molecule has 0 aliphatic rings. The van der Waals surface area contributed by atoms with Crippen LogP contribution in [-0.4, -0.2) is 15.8 Å². The third-order valence-electron chi connectivity index (χ3n) is 2.23. The molecule has 0 amide bonds. The van der Waals surface area contributed by atoms with Crippen LogP contribution in [0.1, 0.15) is 6.92 Å². The van der Waals surface area contributed by atoms with E-state index < -0.39 is 6.10 Å². The highest BCUT2D eigenvalue weighted by molar-refractivity contribution is 7.16. The van der Waals surface area contributed by atoms with E-state index in [1.165, 1.54) is 0 Å². The van der Waals surface area contributed by atoms with E-state index in [-0.39, 0.29) is 17.0 Å². The normalized spacial score (nSPS) is 12.9. The summed E-state index contributed by atoms with van der Waals surface area (Å²) in [5, 5.41) is 9.75. The highest BCUT2D eigenvalue weighted by atomic mass is 32.1. The lowest BCUT2D eigenvalue weighted by molar-refractivity contribution is 0.171. The largest absolute Gasteiger partial charge is 0.392 e. The van der Waals surface area contributed by atoms with Crippen molar-refractivity contribution in [2.75, 3.05) is 0 Å². The van der Waals surface area contributed by atoms with Crippen molar-refractivity contribution in [3.8, 4) is 0 Å². The molecule has 1 aromatic heterocycles. The van der Waals surface area contributed by atoms with E-state index in [0.717, 1.165) is 15.9 Å². The van der Waals surface area contributed by atoms with Gasteiger partial charge in [-0.15, -0.1) is 0 Å². The number of hydrogen-bond acceptors (Lipinski definition) is 4. The average Bonchev–Trinajstić information content (AvgIpc) is 2.24. The summed E-state index contributed by atoms with van der Waals surface area (Å²) in [5.41, 5.74) is -0.333. The van der Waals surface area contributed by atoms with Crippen molar-refractivity contribution in [1.82, 2.24) is 4.57 Å². The zero-order valence-electron chi connectivity index (χ0n) is 8.71. The average molecular weight is 237 g/mol.